The van der Waals surface area contributed by atoms with Gasteiger partial charge in [-0.3, -0.25) is 9.59 Å². The molecular formula is C19H18O5. The second-order valence-corrected chi connectivity index (χ2v) is 6.43. The molecule has 3 N–H and O–H groups in total. The molecule has 0 aromatic heterocycles. The molecule has 1 aliphatic carbocycles. The molecule has 0 aliphatic heterocycles. The summed E-state index contributed by atoms with van der Waals surface area (Å²) in [6, 6.07) is 3.25. The minimum absolute atomic E-state index is 0.0599. The zero-order chi connectivity index (χ0) is 17.9. The van der Waals surface area contributed by atoms with Crippen molar-refractivity contribution in [1.29, 1.82) is 0 Å². The van der Waals surface area contributed by atoms with Gasteiger partial charge in [0.2, 0.25) is 11.6 Å². The van der Waals surface area contributed by atoms with E-state index in [1.54, 1.807) is 39.8 Å². The molecule has 0 heterocycles. The highest BCUT2D eigenvalue weighted by Gasteiger charge is 2.36. The minimum atomic E-state index is -0.782. The number of allylic oxidation sites excluding steroid dienone is 1. The van der Waals surface area contributed by atoms with Crippen LogP contribution in [0.25, 0.3) is 16.5 Å². The smallest absolute Gasteiger partial charge is 0.234 e. The van der Waals surface area contributed by atoms with Gasteiger partial charge in [-0.1, -0.05) is 19.9 Å². The largest absolute Gasteiger partial charge is 0.507 e. The summed E-state index contributed by atoms with van der Waals surface area (Å²) in [5.41, 5.74) is 1.40. The van der Waals surface area contributed by atoms with Gasteiger partial charge in [0.25, 0.3) is 0 Å². The van der Waals surface area contributed by atoms with Gasteiger partial charge in [-0.05, 0) is 42.3 Å². The Labute approximate surface area is 138 Å². The highest BCUT2D eigenvalue weighted by Crippen LogP contribution is 2.45. The van der Waals surface area contributed by atoms with E-state index in [1.165, 1.54) is 0 Å². The Balaban J connectivity index is 2.55. The van der Waals surface area contributed by atoms with Crippen molar-refractivity contribution >= 4 is 28.1 Å². The van der Waals surface area contributed by atoms with E-state index < -0.39 is 17.3 Å². The molecule has 3 rings (SSSR count). The van der Waals surface area contributed by atoms with Crippen LogP contribution in [0.15, 0.2) is 17.7 Å². The molecule has 0 radical (unpaired) electrons. The fourth-order valence-electron chi connectivity index (χ4n) is 3.29. The summed E-state index contributed by atoms with van der Waals surface area (Å²) in [7, 11) is 0. The molecule has 124 valence electrons. The Morgan fingerprint density at radius 1 is 0.875 bits per heavy atom. The summed E-state index contributed by atoms with van der Waals surface area (Å²) in [6.07, 6.45) is 0. The van der Waals surface area contributed by atoms with E-state index in [9.17, 15) is 24.9 Å². The molecule has 5 nitrogen and oxygen atoms in total. The Morgan fingerprint density at radius 3 is 2.08 bits per heavy atom. The second kappa shape index (κ2) is 5.09. The lowest BCUT2D eigenvalue weighted by atomic mass is 9.80. The lowest BCUT2D eigenvalue weighted by Gasteiger charge is -2.23. The summed E-state index contributed by atoms with van der Waals surface area (Å²) in [6.45, 7) is 6.86. The molecule has 0 unspecified atom stereocenters. The molecule has 1 aliphatic rings. The predicted molar refractivity (Wildman–Crippen MR) is 90.5 cm³/mol. The van der Waals surface area contributed by atoms with E-state index in [2.05, 4.69) is 0 Å². The Bertz CT molecular complexity index is 964. The van der Waals surface area contributed by atoms with Crippen LogP contribution in [-0.4, -0.2) is 26.9 Å². The zero-order valence-corrected chi connectivity index (χ0v) is 13.9. The molecule has 0 saturated carbocycles. The number of aromatic hydroxyl groups is 2. The maximum atomic E-state index is 12.7. The molecule has 2 aromatic carbocycles. The molecule has 24 heavy (non-hydrogen) atoms. The van der Waals surface area contributed by atoms with Crippen molar-refractivity contribution in [2.75, 3.05) is 0 Å². The summed E-state index contributed by atoms with van der Waals surface area (Å²) in [5, 5.41) is 31.6. The number of hydrogen-bond donors (Lipinski definition) is 3. The highest BCUT2D eigenvalue weighted by molar-refractivity contribution is 6.54. The number of benzene rings is 2. The first-order valence-corrected chi connectivity index (χ1v) is 7.68. The van der Waals surface area contributed by atoms with Crippen LogP contribution in [0.3, 0.4) is 0 Å². The van der Waals surface area contributed by atoms with Crippen molar-refractivity contribution in [1.82, 2.24) is 0 Å². The molecule has 5 heteroatoms. The summed E-state index contributed by atoms with van der Waals surface area (Å²) in [4.78, 5) is 25.1. The van der Waals surface area contributed by atoms with E-state index in [1.807, 2.05) is 0 Å². The van der Waals surface area contributed by atoms with Gasteiger partial charge >= 0.3 is 0 Å². The average molecular weight is 326 g/mol. The predicted octanol–water partition coefficient (Wildman–Crippen LogP) is 3.56. The Hall–Kier alpha value is -2.82. The van der Waals surface area contributed by atoms with E-state index in [4.69, 9.17) is 0 Å². The number of aliphatic hydroxyl groups excluding tert-OH is 1. The van der Waals surface area contributed by atoms with E-state index in [0.29, 0.717) is 16.5 Å². The number of carbonyl (C=O) groups excluding carboxylic acids is 2. The van der Waals surface area contributed by atoms with Crippen molar-refractivity contribution in [3.63, 3.8) is 0 Å². The van der Waals surface area contributed by atoms with Gasteiger partial charge in [-0.25, -0.2) is 0 Å². The fourth-order valence-corrected chi connectivity index (χ4v) is 3.29. The van der Waals surface area contributed by atoms with Gasteiger partial charge in [0, 0.05) is 22.1 Å². The van der Waals surface area contributed by atoms with Crippen LogP contribution in [0.4, 0.5) is 0 Å². The summed E-state index contributed by atoms with van der Waals surface area (Å²) < 4.78 is 0. The molecule has 0 fully saturated rings. The monoisotopic (exact) mass is 326 g/mol. The average Bonchev–Trinajstić information content (AvgIpc) is 2.54. The molecule has 0 amide bonds. The standard InChI is InChI=1S/C19H18O5/c1-7(2)12-16(21)11-6-5-10-8(3)9(4)15(20)18(23)13(10)14(11)19(24)17(12)22/h5-7,20-21,23H,1-4H3. The second-order valence-electron chi connectivity index (χ2n) is 6.43. The number of rotatable bonds is 1. The normalized spacial score (nSPS) is 14.7. The molecular weight excluding hydrogens is 308 g/mol. The van der Waals surface area contributed by atoms with Gasteiger partial charge in [-0.2, -0.15) is 0 Å². The SMILES string of the molecule is Cc1c(O)c(O)c2c3c(ccc2c1C)C(O)=C(C(C)C)C(=O)C3=O. The van der Waals surface area contributed by atoms with Crippen LogP contribution in [0.1, 0.15) is 40.9 Å². The van der Waals surface area contributed by atoms with Crippen LogP contribution in [0, 0.1) is 19.8 Å². The number of fused-ring (bicyclic) bond motifs is 3. The number of aliphatic hydroxyl groups is 1. The van der Waals surface area contributed by atoms with Gasteiger partial charge < -0.3 is 15.3 Å². The number of phenolic OH excluding ortho intramolecular Hbond substituents is 2. The van der Waals surface area contributed by atoms with E-state index in [0.717, 1.165) is 0 Å². The zero-order valence-electron chi connectivity index (χ0n) is 13.9. The van der Waals surface area contributed by atoms with Gasteiger partial charge in [-0.15, -0.1) is 0 Å². The topological polar surface area (TPSA) is 94.8 Å². The quantitative estimate of drug-likeness (QED) is 0.550. The summed E-state index contributed by atoms with van der Waals surface area (Å²) >= 11 is 0. The maximum Gasteiger partial charge on any atom is 0.234 e. The van der Waals surface area contributed by atoms with Crippen LogP contribution < -0.4 is 0 Å². The lowest BCUT2D eigenvalue weighted by molar-refractivity contribution is -0.112. The van der Waals surface area contributed by atoms with Gasteiger partial charge in [0.05, 0.1) is 0 Å². The number of carbonyl (C=O) groups is 2. The maximum absolute atomic E-state index is 12.7. The first kappa shape index (κ1) is 16.1. The third-order valence-corrected chi connectivity index (χ3v) is 4.75. The van der Waals surface area contributed by atoms with Gasteiger partial charge in [0.1, 0.15) is 5.76 Å². The Morgan fingerprint density at radius 2 is 1.50 bits per heavy atom. The Kier molecular flexibility index (Phi) is 3.41. The molecule has 0 saturated heterocycles. The minimum Gasteiger partial charge on any atom is -0.507 e. The van der Waals surface area contributed by atoms with Gasteiger partial charge in [0.15, 0.2) is 11.5 Å². The number of phenols is 2. The van der Waals surface area contributed by atoms with Crippen molar-refractivity contribution in [3.05, 3.63) is 40.0 Å². The van der Waals surface area contributed by atoms with E-state index in [-0.39, 0.29) is 39.5 Å². The number of hydrogen-bond acceptors (Lipinski definition) is 5. The van der Waals surface area contributed by atoms with E-state index >= 15 is 0 Å². The summed E-state index contributed by atoms with van der Waals surface area (Å²) in [5.74, 6) is -2.90. The number of ketones is 2. The third-order valence-electron chi connectivity index (χ3n) is 4.75. The fraction of sp³-hybridized carbons (Fsp3) is 0.263. The first-order chi connectivity index (χ1) is 11.2. The lowest BCUT2D eigenvalue weighted by Crippen LogP contribution is -2.27. The van der Waals surface area contributed by atoms with Crippen LogP contribution in [0.2, 0.25) is 0 Å². The van der Waals surface area contributed by atoms with Crippen molar-refractivity contribution in [2.45, 2.75) is 27.7 Å². The first-order valence-electron chi connectivity index (χ1n) is 7.68. The molecule has 0 bridgehead atoms. The molecule has 2 aromatic rings. The van der Waals surface area contributed by atoms with Crippen molar-refractivity contribution in [2.24, 2.45) is 5.92 Å². The molecule has 0 atom stereocenters. The number of aryl methyl sites for hydroxylation is 1. The van der Waals surface area contributed by atoms with Crippen LogP contribution in [-0.2, 0) is 4.79 Å². The highest BCUT2D eigenvalue weighted by atomic mass is 16.3. The van der Waals surface area contributed by atoms with Crippen LogP contribution >= 0.6 is 0 Å². The number of Topliss-reactive ketones (excluding diaryl/α,β-unsaturated/α-hetero) is 2. The van der Waals surface area contributed by atoms with Crippen molar-refractivity contribution in [3.8, 4) is 11.5 Å². The van der Waals surface area contributed by atoms with Crippen molar-refractivity contribution < 1.29 is 24.9 Å². The van der Waals surface area contributed by atoms with Crippen LogP contribution in [0.5, 0.6) is 11.5 Å². The molecule has 0 spiro atoms. The third kappa shape index (κ3) is 1.87.